The van der Waals surface area contributed by atoms with E-state index in [-0.39, 0.29) is 0 Å². The average molecular weight is 1800 g/mol. The van der Waals surface area contributed by atoms with E-state index in [9.17, 15) is 136 Å². The number of carbonyl (C=O) groups is 8. The summed E-state index contributed by atoms with van der Waals surface area (Å²) >= 11 is 0. The van der Waals surface area contributed by atoms with Gasteiger partial charge in [0, 0.05) is 119 Å². The minimum absolute atomic E-state index is 0.418. The van der Waals surface area contributed by atoms with Gasteiger partial charge in [-0.3, -0.25) is 38.4 Å². The molecule has 0 aromatic heterocycles. The van der Waals surface area contributed by atoms with Crippen molar-refractivity contribution >= 4 is 129 Å². The quantitative estimate of drug-likeness (QED) is 0.0128. The number of aryl methyl sites for hydroxylation is 2. The third-order valence-electron chi connectivity index (χ3n) is 17.1. The number of carbonyl (C=O) groups excluding carboxylic acids is 8. The van der Waals surface area contributed by atoms with Crippen molar-refractivity contribution in [3.8, 4) is 6.07 Å². The van der Waals surface area contributed by atoms with Crippen LogP contribution in [0.2, 0.25) is 48.4 Å². The number of benzene rings is 1. The molecule has 636 valence electrons. The number of amides is 8. The van der Waals surface area contributed by atoms with E-state index in [4.69, 9.17) is 49.4 Å². The Morgan fingerprint density at radius 2 is 0.522 bits per heavy atom. The zero-order valence-corrected chi connectivity index (χ0v) is 66.4. The van der Waals surface area contributed by atoms with E-state index < -0.39 is 319 Å². The molecule has 0 aliphatic carbocycles. The number of anilines is 1. The van der Waals surface area contributed by atoms with Crippen LogP contribution < -0.4 is 47.4 Å². The molecule has 0 unspecified atom stereocenters. The molecule has 8 aliphatic rings. The summed E-state index contributed by atoms with van der Waals surface area (Å²) in [6.45, 7) is -7.26. The first-order chi connectivity index (χ1) is 52.3. The lowest BCUT2D eigenvalue weighted by Crippen LogP contribution is -2.88. The molecule has 0 atom stereocenters. The van der Waals surface area contributed by atoms with Gasteiger partial charge < -0.3 is 96.8 Å². The summed E-state index contributed by atoms with van der Waals surface area (Å²) in [6, 6.07) is -3.87. The van der Waals surface area contributed by atoms with Crippen LogP contribution in [0.25, 0.3) is 6.08 Å². The molecule has 6 saturated heterocycles. The van der Waals surface area contributed by atoms with Gasteiger partial charge in [0.1, 0.15) is 11.6 Å². The molecule has 8 amide bonds. The normalized spacial score (nSPS) is 27.1. The Morgan fingerprint density at radius 1 is 0.336 bits per heavy atom. The Kier molecular flexibility index (Phi) is 29.4. The van der Waals surface area contributed by atoms with Crippen LogP contribution in [-0.4, -0.2) is 226 Å². The summed E-state index contributed by atoms with van der Waals surface area (Å²) in [4.78, 5) is 103. The molecule has 8 N–H and O–H groups in total. The molecule has 0 spiro atoms. The highest BCUT2D eigenvalue weighted by atomic mass is 28.6. The Labute approximate surface area is 634 Å². The summed E-state index contributed by atoms with van der Waals surface area (Å²) in [5, 5.41) is 23.6. The average Bonchev–Trinajstić information content (AvgIpc) is 0.686. The van der Waals surface area contributed by atoms with Crippen LogP contribution in [0.5, 0.6) is 0 Å². The molecule has 6 fully saturated rings. The molecular weight excluding hydrogens is 1730 g/mol. The molecule has 0 saturated carbocycles. The maximum absolute atomic E-state index is 14.2. The van der Waals surface area contributed by atoms with E-state index in [1.807, 2.05) is 0 Å². The molecule has 8 aliphatic heterocycles. The van der Waals surface area contributed by atoms with Crippen LogP contribution in [0.1, 0.15) is 80.9 Å². The monoisotopic (exact) mass is 1800 g/mol. The fourth-order valence-electron chi connectivity index (χ4n) is 12.6. The zero-order chi connectivity index (χ0) is 83.8. The highest BCUT2D eigenvalue weighted by molar-refractivity contribution is 7.03. The summed E-state index contributed by atoms with van der Waals surface area (Å²) in [7, 11) is -48.2. The number of rotatable bonds is 34. The Morgan fingerprint density at radius 3 is 0.699 bits per heavy atom. The van der Waals surface area contributed by atoms with Crippen LogP contribution in [0.15, 0.2) is 17.7 Å². The molecule has 1 aromatic rings. The molecule has 1 aromatic carbocycles. The number of hydrogen-bond acceptors (Lipinski definition) is 22. The summed E-state index contributed by atoms with van der Waals surface area (Å²) < 4.78 is 376. The van der Waals surface area contributed by atoms with Gasteiger partial charge in [0.15, 0.2) is 0 Å². The maximum atomic E-state index is 14.2. The highest BCUT2D eigenvalue weighted by Crippen LogP contribution is 2.55. The fourth-order valence-corrected chi connectivity index (χ4v) is 63.1. The van der Waals surface area contributed by atoms with Gasteiger partial charge >= 0.3 is 155 Å². The van der Waals surface area contributed by atoms with Crippen molar-refractivity contribution in [1.29, 1.82) is 5.26 Å². The van der Waals surface area contributed by atoms with Crippen LogP contribution in [0, 0.1) is 11.3 Å². The van der Waals surface area contributed by atoms with E-state index in [0.29, 0.717) is 18.4 Å². The second kappa shape index (κ2) is 35.9. The number of nitrogens with zero attached hydrogens (tertiary/aromatic N) is 2. The molecular formula is C54H71F21N10O20Si8. The standard InChI is InChI=1S/C54H71F21N10O20Si8/c55-48(56,57)41(87)78-14-4-24-107-94-106(23-3-13-77-40(86)38(34-76)33-35-31-36-11-1-21-85-22-2-12-37(32-35)39(36)85)95-108(25-5-15-79-42(88)49(58,59)60)99-110(97-107,27-7-17-81-44(90)51(64,65)66)103-113(30-10-20-84-47(93)54(73,74)75)104-111(98-107,28-8-18-82-45(91)52(67,68)69)100-109(96-106,26-6-16-80-43(89)50(61,62)63)102-112(101-108,105-113)29-9-19-83-46(92)53(70,71)72/h31-33H,1-30H2,(H,77,86)(H,78,87)(H,79,88)(H,80,89)(H,81,90)(H,82,91)(H,83,92)(H,84,93). The van der Waals surface area contributed by atoms with Crippen molar-refractivity contribution < 1.29 is 180 Å². The molecule has 8 heterocycles. The maximum Gasteiger partial charge on any atom is 0.478 e. The van der Waals surface area contributed by atoms with Crippen molar-refractivity contribution in [2.45, 2.75) is 169 Å². The van der Waals surface area contributed by atoms with Crippen molar-refractivity contribution in [1.82, 2.24) is 42.5 Å². The Balaban J connectivity index is 1.40. The van der Waals surface area contributed by atoms with Crippen molar-refractivity contribution in [2.24, 2.45) is 0 Å². The van der Waals surface area contributed by atoms with Crippen LogP contribution >= 0.6 is 0 Å². The van der Waals surface area contributed by atoms with Gasteiger partial charge in [-0.25, -0.2) is 0 Å². The largest absolute Gasteiger partial charge is 0.478 e. The first-order valence-electron chi connectivity index (χ1n) is 34.4. The van der Waals surface area contributed by atoms with Crippen LogP contribution in [0.3, 0.4) is 0 Å². The molecule has 8 bridgehead atoms. The van der Waals surface area contributed by atoms with Crippen LogP contribution in [0.4, 0.5) is 97.9 Å². The zero-order valence-electron chi connectivity index (χ0n) is 58.4. The number of halogens is 21. The van der Waals surface area contributed by atoms with E-state index >= 15 is 0 Å². The third kappa shape index (κ3) is 24.9. The van der Waals surface area contributed by atoms with Crippen LogP contribution in [-0.2, 0) is 101 Å². The van der Waals surface area contributed by atoms with Crippen molar-refractivity contribution in [3.05, 3.63) is 34.4 Å². The lowest BCUT2D eigenvalue weighted by atomic mass is 9.89. The predicted molar refractivity (Wildman–Crippen MR) is 350 cm³/mol. The molecule has 0 radical (unpaired) electrons. The molecule has 59 heteroatoms. The van der Waals surface area contributed by atoms with Gasteiger partial charge in [0.25, 0.3) is 5.91 Å². The minimum Gasteiger partial charge on any atom is -0.373 e. The van der Waals surface area contributed by atoms with E-state index in [1.165, 1.54) is 43.3 Å². The second-order valence-electron chi connectivity index (χ2n) is 26.1. The van der Waals surface area contributed by atoms with E-state index in [0.717, 1.165) is 42.7 Å². The molecule has 113 heavy (non-hydrogen) atoms. The Hall–Kier alpha value is -6.20. The first kappa shape index (κ1) is 92.3. The third-order valence-corrected chi connectivity index (χ3v) is 54.7. The first-order valence-corrected chi connectivity index (χ1v) is 49.9. The van der Waals surface area contributed by atoms with Gasteiger partial charge in [-0.05, 0) is 112 Å². The highest BCUT2D eigenvalue weighted by Gasteiger charge is 2.83. The second-order valence-corrected chi connectivity index (χ2v) is 50.8. The summed E-state index contributed by atoms with van der Waals surface area (Å²) in [5.74, 6) is -19.6. The van der Waals surface area contributed by atoms with Crippen molar-refractivity contribution in [3.63, 3.8) is 0 Å². The smallest absolute Gasteiger partial charge is 0.373 e. The predicted octanol–water partition coefficient (Wildman–Crippen LogP) is 6.06. The number of hydrogen-bond donors (Lipinski definition) is 8. The topological polar surface area (TPSA) is 371 Å². The van der Waals surface area contributed by atoms with Gasteiger partial charge in [-0.15, -0.1) is 0 Å². The lowest BCUT2D eigenvalue weighted by molar-refractivity contribution is -0.173. The number of alkyl halides is 21. The SMILES string of the molecule is N#CC(=Cc1cc2c3c(c1)CCCN3CCC2)C(=O)NCCC[Si]12O[Si]3(CCCNC(=O)C(F)(F)F)O[Si]4(CCCNC(=O)C(F)(F)F)O[Si](CCCNC(=O)C(F)(F)F)(O1)O[Si]1(CCCNC(=O)C(F)(F)F)O[Si](CCCNC(=O)C(F)(F)F)(O2)O[Si](CCCNC(=O)C(F)(F)F)(O3)O[Si](CCCNC(=O)C(F)(F)F)(O4)O1. The number of nitrogens with one attached hydrogen (secondary N) is 8. The lowest BCUT2D eigenvalue weighted by Gasteiger charge is -2.63. The van der Waals surface area contributed by atoms with Gasteiger partial charge in [-0.2, -0.15) is 97.5 Å². The van der Waals surface area contributed by atoms with Crippen molar-refractivity contribution in [2.75, 3.05) is 70.3 Å². The molecule has 30 nitrogen and oxygen atoms in total. The summed E-state index contributed by atoms with van der Waals surface area (Å²) in [5.41, 5.74) is 2.73. The minimum atomic E-state index is -6.05. The fraction of sp³-hybridized carbons (Fsp3) is 0.685. The molecule has 9 rings (SSSR count). The Bertz CT molecular complexity index is 3440. The number of nitriles is 1. The van der Waals surface area contributed by atoms with Gasteiger partial charge in [-0.1, -0.05) is 0 Å². The van der Waals surface area contributed by atoms with E-state index in [1.54, 1.807) is 18.2 Å². The van der Waals surface area contributed by atoms with Gasteiger partial charge in [0.2, 0.25) is 0 Å². The van der Waals surface area contributed by atoms with E-state index in [2.05, 4.69) is 10.2 Å². The summed E-state index contributed by atoms with van der Waals surface area (Å²) in [6.07, 6.45) is -42.9. The van der Waals surface area contributed by atoms with Gasteiger partial charge in [0.05, 0.1) is 0 Å².